The van der Waals surface area contributed by atoms with Gasteiger partial charge in [-0.15, -0.1) is 0 Å². The second-order valence-electron chi connectivity index (χ2n) is 3.91. The molecular formula is C14H15N3O. The Bertz CT molecular complexity index is 562. The molecule has 0 radical (unpaired) electrons. The summed E-state index contributed by atoms with van der Waals surface area (Å²) < 4.78 is 0. The fourth-order valence-corrected chi connectivity index (χ4v) is 1.82. The van der Waals surface area contributed by atoms with Crippen LogP contribution < -0.4 is 11.6 Å². The molecule has 0 aliphatic heterocycles. The van der Waals surface area contributed by atoms with Crippen LogP contribution in [0.1, 0.15) is 11.1 Å². The molecule has 0 aliphatic carbocycles. The quantitative estimate of drug-likeness (QED) is 0.329. The lowest BCUT2D eigenvalue weighted by Gasteiger charge is -2.09. The Balaban J connectivity index is 2.49. The fraction of sp³-hybridized carbons (Fsp3) is 0.0714. The van der Waals surface area contributed by atoms with Crippen LogP contribution in [0.25, 0.3) is 11.1 Å². The third-order valence-electron chi connectivity index (χ3n) is 2.79. The van der Waals surface area contributed by atoms with Crippen LogP contribution in [0.3, 0.4) is 0 Å². The first-order valence-electron chi connectivity index (χ1n) is 5.59. The largest absolute Gasteiger partial charge is 0.392 e. The normalized spacial score (nSPS) is 11.5. The summed E-state index contributed by atoms with van der Waals surface area (Å²) >= 11 is 0. The van der Waals surface area contributed by atoms with Crippen molar-refractivity contribution in [3.05, 3.63) is 59.7 Å². The van der Waals surface area contributed by atoms with Crippen molar-refractivity contribution in [1.82, 2.24) is 0 Å². The Hall–Kier alpha value is -2.33. The lowest BCUT2D eigenvalue weighted by molar-refractivity contribution is 0.282. The lowest BCUT2D eigenvalue weighted by atomic mass is 9.98. The average Bonchev–Trinajstić information content (AvgIpc) is 2.46. The number of nitrogens with two attached hydrogens (primary N) is 2. The highest BCUT2D eigenvalue weighted by atomic mass is 16.3. The van der Waals surface area contributed by atoms with E-state index in [1.54, 1.807) is 0 Å². The van der Waals surface area contributed by atoms with Crippen LogP contribution in [0.4, 0.5) is 0 Å². The van der Waals surface area contributed by atoms with Gasteiger partial charge in [-0.1, -0.05) is 48.5 Å². The Morgan fingerprint density at radius 1 is 1.06 bits per heavy atom. The van der Waals surface area contributed by atoms with Crippen LogP contribution >= 0.6 is 0 Å². The SMILES string of the molecule is NN=C(N)c1ccccc1-c1ccc(CO)cc1. The van der Waals surface area contributed by atoms with Gasteiger partial charge >= 0.3 is 0 Å². The van der Waals surface area contributed by atoms with E-state index >= 15 is 0 Å². The highest BCUT2D eigenvalue weighted by molar-refractivity contribution is 6.03. The van der Waals surface area contributed by atoms with Crippen molar-refractivity contribution in [2.45, 2.75) is 6.61 Å². The highest BCUT2D eigenvalue weighted by Crippen LogP contribution is 2.23. The fourth-order valence-electron chi connectivity index (χ4n) is 1.82. The predicted octanol–water partition coefficient (Wildman–Crippen LogP) is 1.42. The van der Waals surface area contributed by atoms with E-state index in [0.29, 0.717) is 5.84 Å². The van der Waals surface area contributed by atoms with E-state index in [-0.39, 0.29) is 6.61 Å². The van der Waals surface area contributed by atoms with Gasteiger partial charge in [-0.25, -0.2) is 0 Å². The second kappa shape index (κ2) is 5.33. The molecule has 0 saturated carbocycles. The molecule has 4 nitrogen and oxygen atoms in total. The number of aliphatic hydroxyl groups is 1. The standard InChI is InChI=1S/C14H15N3O/c15-14(17-16)13-4-2-1-3-12(13)11-7-5-10(9-18)6-8-11/h1-8,18H,9,16H2,(H2,15,17). The van der Waals surface area contributed by atoms with E-state index in [1.807, 2.05) is 48.5 Å². The molecule has 0 unspecified atom stereocenters. The lowest BCUT2D eigenvalue weighted by Crippen LogP contribution is -2.16. The molecule has 0 amide bonds. The Labute approximate surface area is 106 Å². The zero-order valence-corrected chi connectivity index (χ0v) is 9.88. The zero-order valence-electron chi connectivity index (χ0n) is 9.88. The van der Waals surface area contributed by atoms with Gasteiger partial charge in [0, 0.05) is 5.56 Å². The summed E-state index contributed by atoms with van der Waals surface area (Å²) in [7, 11) is 0. The van der Waals surface area contributed by atoms with E-state index in [2.05, 4.69) is 5.10 Å². The molecule has 0 atom stereocenters. The smallest absolute Gasteiger partial charge is 0.150 e. The summed E-state index contributed by atoms with van der Waals surface area (Å²) in [5.41, 5.74) is 9.42. The predicted molar refractivity (Wildman–Crippen MR) is 72.7 cm³/mol. The van der Waals surface area contributed by atoms with Crippen LogP contribution in [-0.2, 0) is 6.61 Å². The van der Waals surface area contributed by atoms with Crippen molar-refractivity contribution >= 4 is 5.84 Å². The molecule has 0 aromatic heterocycles. The molecule has 0 fully saturated rings. The topological polar surface area (TPSA) is 84.6 Å². The van der Waals surface area contributed by atoms with Crippen LogP contribution in [0.2, 0.25) is 0 Å². The van der Waals surface area contributed by atoms with Gasteiger partial charge in [0.15, 0.2) is 5.84 Å². The molecule has 2 aromatic rings. The monoisotopic (exact) mass is 241 g/mol. The summed E-state index contributed by atoms with van der Waals surface area (Å²) in [5, 5.41) is 12.6. The van der Waals surface area contributed by atoms with Gasteiger partial charge in [0.1, 0.15) is 0 Å². The van der Waals surface area contributed by atoms with E-state index in [9.17, 15) is 0 Å². The molecule has 5 N–H and O–H groups in total. The Morgan fingerprint density at radius 3 is 2.33 bits per heavy atom. The maximum absolute atomic E-state index is 9.02. The van der Waals surface area contributed by atoms with Crippen LogP contribution in [0.5, 0.6) is 0 Å². The summed E-state index contributed by atoms with van der Waals surface area (Å²) in [6.45, 7) is 0.0360. The number of hydrogen-bond acceptors (Lipinski definition) is 3. The average molecular weight is 241 g/mol. The van der Waals surface area contributed by atoms with Crippen molar-refractivity contribution < 1.29 is 5.11 Å². The van der Waals surface area contributed by atoms with Gasteiger partial charge in [-0.2, -0.15) is 5.10 Å². The van der Waals surface area contributed by atoms with Crippen molar-refractivity contribution in [2.24, 2.45) is 16.7 Å². The third-order valence-corrected chi connectivity index (χ3v) is 2.79. The van der Waals surface area contributed by atoms with E-state index in [4.69, 9.17) is 16.7 Å². The number of aliphatic hydroxyl groups excluding tert-OH is 1. The molecular weight excluding hydrogens is 226 g/mol. The first-order chi connectivity index (χ1) is 8.76. The molecule has 92 valence electrons. The number of hydrazone groups is 1. The van der Waals surface area contributed by atoms with Gasteiger partial charge in [0.05, 0.1) is 6.61 Å². The van der Waals surface area contributed by atoms with Crippen molar-refractivity contribution in [2.75, 3.05) is 0 Å². The van der Waals surface area contributed by atoms with Gasteiger partial charge in [-0.3, -0.25) is 0 Å². The summed E-state index contributed by atoms with van der Waals surface area (Å²) in [4.78, 5) is 0. The molecule has 0 saturated heterocycles. The number of nitrogens with zero attached hydrogens (tertiary/aromatic N) is 1. The first-order valence-corrected chi connectivity index (χ1v) is 5.59. The van der Waals surface area contributed by atoms with E-state index in [1.165, 1.54) is 0 Å². The molecule has 0 spiro atoms. The van der Waals surface area contributed by atoms with Crippen LogP contribution in [-0.4, -0.2) is 10.9 Å². The van der Waals surface area contributed by atoms with Gasteiger partial charge < -0.3 is 16.7 Å². The number of hydrogen-bond donors (Lipinski definition) is 3. The van der Waals surface area contributed by atoms with E-state index in [0.717, 1.165) is 22.3 Å². The van der Waals surface area contributed by atoms with Crippen molar-refractivity contribution in [1.29, 1.82) is 0 Å². The minimum Gasteiger partial charge on any atom is -0.392 e. The maximum atomic E-state index is 9.02. The van der Waals surface area contributed by atoms with Crippen molar-refractivity contribution in [3.63, 3.8) is 0 Å². The summed E-state index contributed by atoms with van der Waals surface area (Å²) in [6, 6.07) is 15.3. The number of rotatable bonds is 3. The molecule has 0 heterocycles. The minimum atomic E-state index is 0.0360. The summed E-state index contributed by atoms with van der Waals surface area (Å²) in [5.74, 6) is 5.53. The van der Waals surface area contributed by atoms with Crippen LogP contribution in [0, 0.1) is 0 Å². The van der Waals surface area contributed by atoms with Crippen molar-refractivity contribution in [3.8, 4) is 11.1 Å². The molecule has 2 aromatic carbocycles. The zero-order chi connectivity index (χ0) is 13.0. The second-order valence-corrected chi connectivity index (χ2v) is 3.91. The maximum Gasteiger partial charge on any atom is 0.150 e. The third kappa shape index (κ3) is 2.33. The molecule has 4 heteroatoms. The minimum absolute atomic E-state index is 0.0360. The summed E-state index contributed by atoms with van der Waals surface area (Å²) in [6.07, 6.45) is 0. The Kier molecular flexibility index (Phi) is 3.60. The Morgan fingerprint density at radius 2 is 1.72 bits per heavy atom. The molecule has 2 rings (SSSR count). The van der Waals surface area contributed by atoms with E-state index < -0.39 is 0 Å². The van der Waals surface area contributed by atoms with Gasteiger partial charge in [0.2, 0.25) is 0 Å². The first kappa shape index (κ1) is 12.1. The number of amidine groups is 1. The van der Waals surface area contributed by atoms with Gasteiger partial charge in [-0.05, 0) is 16.7 Å². The molecule has 0 aliphatic rings. The van der Waals surface area contributed by atoms with Gasteiger partial charge in [0.25, 0.3) is 0 Å². The molecule has 18 heavy (non-hydrogen) atoms. The van der Waals surface area contributed by atoms with Crippen LogP contribution in [0.15, 0.2) is 53.6 Å². The highest BCUT2D eigenvalue weighted by Gasteiger charge is 2.07. The number of benzene rings is 2. The molecule has 0 bridgehead atoms.